The summed E-state index contributed by atoms with van der Waals surface area (Å²) in [5.74, 6) is -0.505. The monoisotopic (exact) mass is 266 g/mol. The molecule has 2 heterocycles. The third kappa shape index (κ3) is 1.84. The summed E-state index contributed by atoms with van der Waals surface area (Å²) in [5, 5.41) is 4.41. The number of aromatic nitrogens is 3. The van der Waals surface area contributed by atoms with Crippen molar-refractivity contribution in [3.8, 4) is 11.3 Å². The van der Waals surface area contributed by atoms with Gasteiger partial charge in [-0.05, 0) is 19.9 Å². The first-order valence-corrected chi connectivity index (χ1v) is 6.30. The molecule has 1 aromatic carbocycles. The number of amides is 1. The summed E-state index contributed by atoms with van der Waals surface area (Å²) in [7, 11) is 0. The standard InChI is InChI=1S/C15H14N4O/c1-9-8-12(11-6-4-3-5-7-11)19-15(17-9)13(14(16)20)10(2)18-19/h3-8H,1-2H3,(H2,16,20). The summed E-state index contributed by atoms with van der Waals surface area (Å²) in [4.78, 5) is 16.0. The molecule has 0 fully saturated rings. The van der Waals surface area contributed by atoms with Gasteiger partial charge in [-0.2, -0.15) is 5.10 Å². The average Bonchev–Trinajstić information content (AvgIpc) is 2.74. The quantitative estimate of drug-likeness (QED) is 0.772. The largest absolute Gasteiger partial charge is 0.365 e. The zero-order valence-electron chi connectivity index (χ0n) is 11.3. The summed E-state index contributed by atoms with van der Waals surface area (Å²) in [6.07, 6.45) is 0. The van der Waals surface area contributed by atoms with Gasteiger partial charge in [0.05, 0.1) is 11.4 Å². The van der Waals surface area contributed by atoms with Crippen molar-refractivity contribution in [2.75, 3.05) is 0 Å². The third-order valence-electron chi connectivity index (χ3n) is 3.21. The van der Waals surface area contributed by atoms with Crippen molar-refractivity contribution in [1.29, 1.82) is 0 Å². The van der Waals surface area contributed by atoms with Gasteiger partial charge in [0.2, 0.25) is 0 Å². The van der Waals surface area contributed by atoms with E-state index in [1.165, 1.54) is 0 Å². The number of aryl methyl sites for hydroxylation is 2. The van der Waals surface area contributed by atoms with Gasteiger partial charge < -0.3 is 5.73 Å². The van der Waals surface area contributed by atoms with E-state index in [2.05, 4.69) is 10.1 Å². The van der Waals surface area contributed by atoms with Crippen LogP contribution < -0.4 is 5.73 Å². The number of hydrogen-bond acceptors (Lipinski definition) is 3. The molecule has 5 nitrogen and oxygen atoms in total. The van der Waals surface area contributed by atoms with Crippen molar-refractivity contribution in [1.82, 2.24) is 14.6 Å². The lowest BCUT2D eigenvalue weighted by Gasteiger charge is -2.06. The van der Waals surface area contributed by atoms with Crippen molar-refractivity contribution in [2.45, 2.75) is 13.8 Å². The van der Waals surface area contributed by atoms with E-state index in [0.717, 1.165) is 17.0 Å². The molecular formula is C15H14N4O. The van der Waals surface area contributed by atoms with Crippen LogP contribution in [-0.4, -0.2) is 20.5 Å². The molecule has 20 heavy (non-hydrogen) atoms. The van der Waals surface area contributed by atoms with E-state index < -0.39 is 5.91 Å². The summed E-state index contributed by atoms with van der Waals surface area (Å²) in [6.45, 7) is 3.65. The Morgan fingerprint density at radius 3 is 2.55 bits per heavy atom. The SMILES string of the molecule is Cc1cc(-c2ccccc2)n2nc(C)c(C(N)=O)c2n1. The van der Waals surface area contributed by atoms with Crippen molar-refractivity contribution in [3.05, 3.63) is 53.3 Å². The number of fused-ring (bicyclic) bond motifs is 1. The number of nitrogens with zero attached hydrogens (tertiary/aromatic N) is 3. The van der Waals surface area contributed by atoms with Gasteiger partial charge in [0, 0.05) is 11.3 Å². The topological polar surface area (TPSA) is 73.3 Å². The van der Waals surface area contributed by atoms with E-state index in [9.17, 15) is 4.79 Å². The first-order chi connectivity index (χ1) is 9.58. The summed E-state index contributed by atoms with van der Waals surface area (Å²) in [6, 6.07) is 11.8. The number of hydrogen-bond donors (Lipinski definition) is 1. The van der Waals surface area contributed by atoms with E-state index in [4.69, 9.17) is 5.73 Å². The minimum atomic E-state index is -0.505. The zero-order valence-corrected chi connectivity index (χ0v) is 11.3. The van der Waals surface area contributed by atoms with Crippen LogP contribution in [0.15, 0.2) is 36.4 Å². The molecule has 0 spiro atoms. The fourth-order valence-electron chi connectivity index (χ4n) is 2.35. The molecule has 0 aliphatic heterocycles. The molecule has 100 valence electrons. The van der Waals surface area contributed by atoms with E-state index in [0.29, 0.717) is 16.9 Å². The second-order valence-corrected chi connectivity index (χ2v) is 4.71. The second kappa shape index (κ2) is 4.45. The molecule has 0 aliphatic carbocycles. The molecule has 2 aromatic heterocycles. The molecule has 5 heteroatoms. The second-order valence-electron chi connectivity index (χ2n) is 4.71. The maximum Gasteiger partial charge on any atom is 0.254 e. The van der Waals surface area contributed by atoms with Crippen molar-refractivity contribution >= 4 is 11.6 Å². The van der Waals surface area contributed by atoms with Crippen LogP contribution in [0, 0.1) is 13.8 Å². The Balaban J connectivity index is 2.40. The fraction of sp³-hybridized carbons (Fsp3) is 0.133. The van der Waals surface area contributed by atoms with Crippen LogP contribution in [0.2, 0.25) is 0 Å². The van der Waals surface area contributed by atoms with Crippen LogP contribution in [0.4, 0.5) is 0 Å². The van der Waals surface area contributed by atoms with Gasteiger partial charge in [0.25, 0.3) is 5.91 Å². The van der Waals surface area contributed by atoms with Gasteiger partial charge in [-0.3, -0.25) is 4.79 Å². The normalized spacial score (nSPS) is 10.9. The number of carbonyl (C=O) groups excluding carboxylic acids is 1. The first-order valence-electron chi connectivity index (χ1n) is 6.30. The van der Waals surface area contributed by atoms with Gasteiger partial charge in [-0.1, -0.05) is 30.3 Å². The highest BCUT2D eigenvalue weighted by Gasteiger charge is 2.18. The molecule has 0 unspecified atom stereocenters. The number of carbonyl (C=O) groups is 1. The predicted octanol–water partition coefficient (Wildman–Crippen LogP) is 2.11. The van der Waals surface area contributed by atoms with Crippen LogP contribution in [0.25, 0.3) is 16.9 Å². The van der Waals surface area contributed by atoms with E-state index in [1.807, 2.05) is 43.3 Å². The van der Waals surface area contributed by atoms with Crippen molar-refractivity contribution in [2.24, 2.45) is 5.73 Å². The highest BCUT2D eigenvalue weighted by atomic mass is 16.1. The predicted molar refractivity (Wildman–Crippen MR) is 76.4 cm³/mol. The lowest BCUT2D eigenvalue weighted by Crippen LogP contribution is -2.12. The Hall–Kier alpha value is -2.69. The molecule has 3 aromatic rings. The maximum atomic E-state index is 11.6. The molecular weight excluding hydrogens is 252 g/mol. The Kier molecular flexibility index (Phi) is 2.75. The fourth-order valence-corrected chi connectivity index (χ4v) is 2.35. The van der Waals surface area contributed by atoms with Gasteiger partial charge in [0.1, 0.15) is 5.56 Å². The number of benzene rings is 1. The lowest BCUT2D eigenvalue weighted by atomic mass is 10.1. The Bertz CT molecular complexity index is 806. The van der Waals surface area contributed by atoms with Gasteiger partial charge in [-0.15, -0.1) is 0 Å². The molecule has 0 saturated carbocycles. The van der Waals surface area contributed by atoms with Crippen LogP contribution >= 0.6 is 0 Å². The summed E-state index contributed by atoms with van der Waals surface area (Å²) >= 11 is 0. The van der Waals surface area contributed by atoms with E-state index in [1.54, 1.807) is 11.4 Å². The van der Waals surface area contributed by atoms with E-state index in [-0.39, 0.29) is 0 Å². The zero-order chi connectivity index (χ0) is 14.3. The third-order valence-corrected chi connectivity index (χ3v) is 3.21. The smallest absolute Gasteiger partial charge is 0.254 e. The van der Waals surface area contributed by atoms with Crippen LogP contribution in [0.1, 0.15) is 21.7 Å². The molecule has 1 amide bonds. The molecule has 0 radical (unpaired) electrons. The molecule has 0 saturated heterocycles. The number of primary amides is 1. The molecule has 2 N–H and O–H groups in total. The van der Waals surface area contributed by atoms with Gasteiger partial charge in [-0.25, -0.2) is 9.50 Å². The van der Waals surface area contributed by atoms with Crippen molar-refractivity contribution in [3.63, 3.8) is 0 Å². The number of nitrogens with two attached hydrogens (primary N) is 1. The molecule has 0 aliphatic rings. The number of rotatable bonds is 2. The van der Waals surface area contributed by atoms with E-state index >= 15 is 0 Å². The summed E-state index contributed by atoms with van der Waals surface area (Å²) in [5.41, 5.74) is 9.64. The molecule has 0 bridgehead atoms. The van der Waals surface area contributed by atoms with Gasteiger partial charge >= 0.3 is 0 Å². The van der Waals surface area contributed by atoms with Gasteiger partial charge in [0.15, 0.2) is 5.65 Å². The van der Waals surface area contributed by atoms with Crippen LogP contribution in [0.5, 0.6) is 0 Å². The minimum Gasteiger partial charge on any atom is -0.365 e. The molecule has 0 atom stereocenters. The van der Waals surface area contributed by atoms with Crippen LogP contribution in [-0.2, 0) is 0 Å². The maximum absolute atomic E-state index is 11.6. The van der Waals surface area contributed by atoms with Crippen molar-refractivity contribution < 1.29 is 4.79 Å². The lowest BCUT2D eigenvalue weighted by molar-refractivity contribution is 0.100. The molecule has 3 rings (SSSR count). The summed E-state index contributed by atoms with van der Waals surface area (Å²) < 4.78 is 1.68. The highest BCUT2D eigenvalue weighted by molar-refractivity contribution is 6.00. The Labute approximate surface area is 116 Å². The first kappa shape index (κ1) is 12.3. The Morgan fingerprint density at radius 2 is 1.90 bits per heavy atom. The van der Waals surface area contributed by atoms with Crippen LogP contribution in [0.3, 0.4) is 0 Å². The highest BCUT2D eigenvalue weighted by Crippen LogP contribution is 2.23. The minimum absolute atomic E-state index is 0.380. The average molecular weight is 266 g/mol. The Morgan fingerprint density at radius 1 is 1.20 bits per heavy atom.